The minimum atomic E-state index is 0.389. The van der Waals surface area contributed by atoms with E-state index in [9.17, 15) is 0 Å². The fraction of sp³-hybridized carbons (Fsp3) is 0.214. The van der Waals surface area contributed by atoms with Crippen LogP contribution in [0.3, 0.4) is 0 Å². The van der Waals surface area contributed by atoms with Crippen molar-refractivity contribution >= 4 is 17.3 Å². The number of hydrogen-bond donors (Lipinski definition) is 2. The summed E-state index contributed by atoms with van der Waals surface area (Å²) in [6, 6.07) is 9.29. The first-order valence-corrected chi connectivity index (χ1v) is 6.43. The second kappa shape index (κ2) is 6.41. The second-order valence-corrected chi connectivity index (χ2v) is 4.48. The summed E-state index contributed by atoms with van der Waals surface area (Å²) in [4.78, 5) is 4.22. The van der Waals surface area contributed by atoms with Gasteiger partial charge in [-0.1, -0.05) is 18.5 Å². The summed E-state index contributed by atoms with van der Waals surface area (Å²) in [5, 5.41) is 0.766. The van der Waals surface area contributed by atoms with Crippen molar-refractivity contribution in [3.05, 3.63) is 52.8 Å². The number of pyridine rings is 1. The van der Waals surface area contributed by atoms with Gasteiger partial charge in [-0.3, -0.25) is 10.8 Å². The Morgan fingerprint density at radius 1 is 1.32 bits per heavy atom. The number of nitrogen functional groups attached to an aromatic ring is 1. The molecule has 0 saturated heterocycles. The molecule has 0 aliphatic carbocycles. The quantitative estimate of drug-likeness (QED) is 0.651. The number of benzene rings is 1. The maximum atomic E-state index is 6.06. The van der Waals surface area contributed by atoms with Crippen LogP contribution in [0.2, 0.25) is 5.02 Å². The van der Waals surface area contributed by atoms with E-state index in [0.29, 0.717) is 6.61 Å². The Labute approximate surface area is 117 Å². The number of aromatic nitrogens is 1. The third kappa shape index (κ3) is 3.59. The lowest BCUT2D eigenvalue weighted by Crippen LogP contribution is -2.08. The van der Waals surface area contributed by atoms with Crippen LogP contribution < -0.4 is 16.0 Å². The monoisotopic (exact) mass is 277 g/mol. The maximum Gasteiger partial charge on any atom is 0.130 e. The first-order chi connectivity index (χ1) is 9.22. The van der Waals surface area contributed by atoms with Gasteiger partial charge in [0.1, 0.15) is 12.4 Å². The molecule has 2 rings (SSSR count). The molecule has 1 heterocycles. The van der Waals surface area contributed by atoms with Crippen molar-refractivity contribution in [2.24, 2.45) is 5.84 Å². The van der Waals surface area contributed by atoms with Crippen molar-refractivity contribution < 1.29 is 4.74 Å². The normalized spacial score (nSPS) is 10.3. The molecule has 0 fully saturated rings. The molecule has 5 heteroatoms. The van der Waals surface area contributed by atoms with Crippen LogP contribution in [0.5, 0.6) is 5.75 Å². The first-order valence-electron chi connectivity index (χ1n) is 6.05. The lowest BCUT2D eigenvalue weighted by atomic mass is 10.1. The molecular formula is C14H16ClN3O. The van der Waals surface area contributed by atoms with E-state index in [4.69, 9.17) is 22.2 Å². The molecule has 4 nitrogen and oxygen atoms in total. The molecule has 0 bridgehead atoms. The van der Waals surface area contributed by atoms with E-state index in [1.807, 2.05) is 24.3 Å². The summed E-state index contributed by atoms with van der Waals surface area (Å²) in [5.74, 6) is 6.13. The number of aryl methyl sites for hydroxylation is 1. The van der Waals surface area contributed by atoms with Gasteiger partial charge in [-0.05, 0) is 42.3 Å². The Bertz CT molecular complexity index is 560. The van der Waals surface area contributed by atoms with Crippen molar-refractivity contribution in [3.63, 3.8) is 0 Å². The van der Waals surface area contributed by atoms with Crippen LogP contribution >= 0.6 is 11.6 Å². The lowest BCUT2D eigenvalue weighted by Gasteiger charge is -2.09. The Kier molecular flexibility index (Phi) is 4.60. The van der Waals surface area contributed by atoms with Crippen LogP contribution in [-0.2, 0) is 13.0 Å². The Morgan fingerprint density at radius 2 is 2.16 bits per heavy atom. The third-order valence-corrected chi connectivity index (χ3v) is 3.14. The van der Waals surface area contributed by atoms with E-state index in [1.165, 1.54) is 0 Å². The molecule has 2 aromatic rings. The molecule has 1 aromatic carbocycles. The van der Waals surface area contributed by atoms with Crippen molar-refractivity contribution in [2.75, 3.05) is 5.43 Å². The van der Waals surface area contributed by atoms with Crippen LogP contribution in [0.15, 0.2) is 36.5 Å². The zero-order chi connectivity index (χ0) is 13.7. The molecule has 0 aliphatic rings. The van der Waals surface area contributed by atoms with E-state index in [-0.39, 0.29) is 0 Å². The molecule has 1 aromatic heterocycles. The zero-order valence-corrected chi connectivity index (χ0v) is 11.4. The Morgan fingerprint density at radius 3 is 2.89 bits per heavy atom. The number of nitrogens with zero attached hydrogens (tertiary/aromatic N) is 1. The number of nitrogens with two attached hydrogens (primary N) is 1. The summed E-state index contributed by atoms with van der Waals surface area (Å²) < 4.78 is 5.70. The number of nitrogens with one attached hydrogen (secondary N) is 1. The van der Waals surface area contributed by atoms with Gasteiger partial charge in [-0.15, -0.1) is 0 Å². The van der Waals surface area contributed by atoms with Gasteiger partial charge in [0.05, 0.1) is 11.4 Å². The van der Waals surface area contributed by atoms with Crippen LogP contribution in [0.1, 0.15) is 18.2 Å². The highest BCUT2D eigenvalue weighted by molar-refractivity contribution is 6.31. The number of rotatable bonds is 5. The van der Waals surface area contributed by atoms with Crippen LogP contribution in [-0.4, -0.2) is 4.98 Å². The molecule has 0 radical (unpaired) electrons. The topological polar surface area (TPSA) is 60.2 Å². The van der Waals surface area contributed by atoms with Crippen molar-refractivity contribution in [2.45, 2.75) is 20.0 Å². The Balaban J connectivity index is 2.05. The molecular weight excluding hydrogens is 262 g/mol. The second-order valence-electron chi connectivity index (χ2n) is 4.08. The standard InChI is InChI=1S/C14H16ClN3O/c1-2-10-7-13(3-4-14(10)15)19-9-12-8-11(18-16)5-6-17-12/h3-8H,2,9,16H2,1H3,(H,17,18). The van der Waals surface area contributed by atoms with Gasteiger partial charge in [0, 0.05) is 11.2 Å². The molecule has 0 saturated carbocycles. The molecule has 19 heavy (non-hydrogen) atoms. The zero-order valence-electron chi connectivity index (χ0n) is 10.7. The number of hydrogen-bond acceptors (Lipinski definition) is 4. The summed E-state index contributed by atoms with van der Waals surface area (Å²) >= 11 is 6.06. The van der Waals surface area contributed by atoms with Gasteiger partial charge in [-0.25, -0.2) is 0 Å². The molecule has 0 atom stereocenters. The lowest BCUT2D eigenvalue weighted by molar-refractivity contribution is 0.301. The highest BCUT2D eigenvalue weighted by atomic mass is 35.5. The average molecular weight is 278 g/mol. The predicted molar refractivity (Wildman–Crippen MR) is 77.2 cm³/mol. The average Bonchev–Trinajstić information content (AvgIpc) is 2.46. The molecule has 0 aliphatic heterocycles. The van der Waals surface area contributed by atoms with Gasteiger partial charge in [0.25, 0.3) is 0 Å². The predicted octanol–water partition coefficient (Wildman–Crippen LogP) is 3.16. The molecule has 0 unspecified atom stereocenters. The summed E-state index contributed by atoms with van der Waals surface area (Å²) in [6.45, 7) is 2.45. The van der Waals surface area contributed by atoms with Gasteiger partial charge in [0.15, 0.2) is 0 Å². The third-order valence-electron chi connectivity index (χ3n) is 2.77. The first kappa shape index (κ1) is 13.6. The molecule has 0 spiro atoms. The summed E-state index contributed by atoms with van der Waals surface area (Å²) in [5.41, 5.74) is 5.27. The van der Waals surface area contributed by atoms with E-state index in [0.717, 1.165) is 34.1 Å². The number of hydrazine groups is 1. The van der Waals surface area contributed by atoms with Crippen LogP contribution in [0.4, 0.5) is 5.69 Å². The highest BCUT2D eigenvalue weighted by Crippen LogP contribution is 2.23. The van der Waals surface area contributed by atoms with Crippen LogP contribution in [0.25, 0.3) is 0 Å². The minimum absolute atomic E-state index is 0.389. The van der Waals surface area contributed by atoms with E-state index < -0.39 is 0 Å². The molecule has 100 valence electrons. The summed E-state index contributed by atoms with van der Waals surface area (Å²) in [6.07, 6.45) is 2.56. The van der Waals surface area contributed by atoms with Gasteiger partial charge >= 0.3 is 0 Å². The van der Waals surface area contributed by atoms with E-state index in [2.05, 4.69) is 17.3 Å². The van der Waals surface area contributed by atoms with Gasteiger partial charge < -0.3 is 10.2 Å². The number of halogens is 1. The number of ether oxygens (including phenoxy) is 1. The smallest absolute Gasteiger partial charge is 0.130 e. The fourth-order valence-corrected chi connectivity index (χ4v) is 1.97. The van der Waals surface area contributed by atoms with Crippen molar-refractivity contribution in [1.29, 1.82) is 0 Å². The van der Waals surface area contributed by atoms with E-state index in [1.54, 1.807) is 12.3 Å². The maximum absolute atomic E-state index is 6.06. The fourth-order valence-electron chi connectivity index (χ4n) is 1.72. The van der Waals surface area contributed by atoms with Crippen molar-refractivity contribution in [3.8, 4) is 5.75 Å². The van der Waals surface area contributed by atoms with Crippen LogP contribution in [0, 0.1) is 0 Å². The van der Waals surface area contributed by atoms with Gasteiger partial charge in [0.2, 0.25) is 0 Å². The highest BCUT2D eigenvalue weighted by Gasteiger charge is 2.02. The molecule has 0 amide bonds. The van der Waals surface area contributed by atoms with E-state index >= 15 is 0 Å². The largest absolute Gasteiger partial charge is 0.487 e. The molecule has 3 N–H and O–H groups in total. The summed E-state index contributed by atoms with van der Waals surface area (Å²) in [7, 11) is 0. The van der Waals surface area contributed by atoms with Crippen molar-refractivity contribution in [1.82, 2.24) is 4.98 Å². The number of anilines is 1. The SMILES string of the molecule is CCc1cc(OCc2cc(NN)ccn2)ccc1Cl. The minimum Gasteiger partial charge on any atom is -0.487 e. The van der Waals surface area contributed by atoms with Gasteiger partial charge in [-0.2, -0.15) is 0 Å². The Hall–Kier alpha value is -1.78.